The summed E-state index contributed by atoms with van der Waals surface area (Å²) in [5.74, 6) is -0.192. The second-order valence-corrected chi connectivity index (χ2v) is 3.74. The van der Waals surface area contributed by atoms with E-state index in [1.807, 2.05) is 20.8 Å². The zero-order chi connectivity index (χ0) is 8.48. The fraction of sp³-hybridized carbons (Fsp3) is 0.875. The maximum atomic E-state index is 11.2. The molecule has 3 heteroatoms. The summed E-state index contributed by atoms with van der Waals surface area (Å²) in [5.41, 5.74) is -0.418. The molecule has 1 fully saturated rings. The molecule has 0 aliphatic carbocycles. The maximum Gasteiger partial charge on any atom is 0.313 e. The molecule has 0 amide bonds. The Kier molecular flexibility index (Phi) is 2.18. The van der Waals surface area contributed by atoms with Crippen LogP contribution in [0.5, 0.6) is 0 Å². The third kappa shape index (κ3) is 2.19. The lowest BCUT2D eigenvalue weighted by molar-refractivity contribution is -0.222. The highest BCUT2D eigenvalue weighted by atomic mass is 16.7. The molecule has 0 aromatic rings. The van der Waals surface area contributed by atoms with Crippen molar-refractivity contribution in [2.24, 2.45) is 5.41 Å². The summed E-state index contributed by atoms with van der Waals surface area (Å²) in [5, 5.41) is 0. The minimum atomic E-state index is -0.418. The number of carbonyl (C=O) groups excluding carboxylic acids is 1. The van der Waals surface area contributed by atoms with Crippen LogP contribution in [0.3, 0.4) is 0 Å². The second-order valence-electron chi connectivity index (χ2n) is 3.74. The topological polar surface area (TPSA) is 35.5 Å². The molecular formula is C8H14O3. The Bertz CT molecular complexity index is 153. The van der Waals surface area contributed by atoms with Gasteiger partial charge in [-0.05, 0) is 20.8 Å². The molecule has 3 nitrogen and oxygen atoms in total. The van der Waals surface area contributed by atoms with Gasteiger partial charge in [-0.25, -0.2) is 0 Å². The van der Waals surface area contributed by atoms with Gasteiger partial charge in [-0.1, -0.05) is 0 Å². The third-order valence-electron chi connectivity index (χ3n) is 1.51. The molecule has 0 bridgehead atoms. The van der Waals surface area contributed by atoms with Gasteiger partial charge >= 0.3 is 5.97 Å². The summed E-state index contributed by atoms with van der Waals surface area (Å²) in [4.78, 5) is 11.2. The van der Waals surface area contributed by atoms with E-state index >= 15 is 0 Å². The van der Waals surface area contributed by atoms with Gasteiger partial charge in [-0.3, -0.25) is 4.79 Å². The predicted octanol–water partition coefficient (Wildman–Crippen LogP) is 1.32. The summed E-state index contributed by atoms with van der Waals surface area (Å²) in [6.07, 6.45) is 0.559. The van der Waals surface area contributed by atoms with E-state index in [9.17, 15) is 4.79 Å². The van der Waals surface area contributed by atoms with Crippen molar-refractivity contribution < 1.29 is 14.3 Å². The van der Waals surface area contributed by atoms with Crippen molar-refractivity contribution in [3.05, 3.63) is 0 Å². The van der Waals surface area contributed by atoms with Crippen molar-refractivity contribution in [3.63, 3.8) is 0 Å². The Labute approximate surface area is 66.7 Å². The molecule has 1 heterocycles. The molecule has 0 aromatic carbocycles. The van der Waals surface area contributed by atoms with Gasteiger partial charge in [-0.2, -0.15) is 0 Å². The van der Waals surface area contributed by atoms with Crippen LogP contribution < -0.4 is 0 Å². The Morgan fingerprint density at radius 1 is 1.55 bits per heavy atom. The fourth-order valence-electron chi connectivity index (χ4n) is 0.603. The average molecular weight is 158 g/mol. The van der Waals surface area contributed by atoms with Gasteiger partial charge in [-0.15, -0.1) is 0 Å². The molecule has 1 unspecified atom stereocenters. The first-order valence-corrected chi connectivity index (χ1v) is 3.83. The number of rotatable bonds is 1. The lowest BCUT2D eigenvalue weighted by Crippen LogP contribution is -2.36. The van der Waals surface area contributed by atoms with Gasteiger partial charge in [0.05, 0.1) is 12.0 Å². The minimum absolute atomic E-state index is 0.192. The van der Waals surface area contributed by atoms with E-state index in [2.05, 4.69) is 0 Å². The van der Waals surface area contributed by atoms with E-state index in [1.54, 1.807) is 0 Å². The van der Waals surface area contributed by atoms with E-state index in [-0.39, 0.29) is 12.3 Å². The second kappa shape index (κ2) is 2.81. The summed E-state index contributed by atoms with van der Waals surface area (Å²) in [7, 11) is 0. The number of hydrogen-bond acceptors (Lipinski definition) is 3. The van der Waals surface area contributed by atoms with Crippen LogP contribution in [0.15, 0.2) is 0 Å². The Morgan fingerprint density at radius 2 is 2.09 bits per heavy atom. The Balaban J connectivity index is 2.30. The van der Waals surface area contributed by atoms with Crippen LogP contribution in [-0.4, -0.2) is 18.9 Å². The van der Waals surface area contributed by atoms with Crippen LogP contribution in [0.25, 0.3) is 0 Å². The summed E-state index contributed by atoms with van der Waals surface area (Å²) in [6.45, 7) is 6.19. The van der Waals surface area contributed by atoms with Gasteiger partial charge in [0.15, 0.2) is 0 Å². The molecule has 0 N–H and O–H groups in total. The standard InChI is InChI=1S/C8H14O3/c1-8(2,3)7(9)11-6-4-5-10-6/h6H,4-5H2,1-3H3. The van der Waals surface area contributed by atoms with Crippen LogP contribution in [0.4, 0.5) is 0 Å². The van der Waals surface area contributed by atoms with E-state index < -0.39 is 5.41 Å². The molecule has 0 radical (unpaired) electrons. The van der Waals surface area contributed by atoms with Crippen LogP contribution >= 0.6 is 0 Å². The monoisotopic (exact) mass is 158 g/mol. The van der Waals surface area contributed by atoms with Crippen molar-refractivity contribution in [2.45, 2.75) is 33.5 Å². The molecule has 11 heavy (non-hydrogen) atoms. The summed E-state index contributed by atoms with van der Waals surface area (Å²) in [6, 6.07) is 0. The molecule has 64 valence electrons. The number of ether oxygens (including phenoxy) is 2. The average Bonchev–Trinajstić information content (AvgIpc) is 1.75. The van der Waals surface area contributed by atoms with Crippen molar-refractivity contribution in [2.75, 3.05) is 6.61 Å². The molecular weight excluding hydrogens is 144 g/mol. The van der Waals surface area contributed by atoms with E-state index in [0.29, 0.717) is 6.61 Å². The predicted molar refractivity (Wildman–Crippen MR) is 39.9 cm³/mol. The molecule has 1 rings (SSSR count). The molecule has 0 aromatic heterocycles. The lowest BCUT2D eigenvalue weighted by Gasteiger charge is -2.28. The van der Waals surface area contributed by atoms with E-state index in [1.165, 1.54) is 0 Å². The number of esters is 1. The van der Waals surface area contributed by atoms with Crippen molar-refractivity contribution in [3.8, 4) is 0 Å². The zero-order valence-corrected chi connectivity index (χ0v) is 7.22. The van der Waals surface area contributed by atoms with Gasteiger partial charge < -0.3 is 9.47 Å². The van der Waals surface area contributed by atoms with Gasteiger partial charge in [0.2, 0.25) is 6.29 Å². The number of hydrogen-bond donors (Lipinski definition) is 0. The largest absolute Gasteiger partial charge is 0.435 e. The molecule has 0 spiro atoms. The van der Waals surface area contributed by atoms with Crippen molar-refractivity contribution in [1.82, 2.24) is 0 Å². The molecule has 1 aliphatic heterocycles. The molecule has 1 aliphatic rings. The van der Waals surface area contributed by atoms with Gasteiger partial charge in [0.1, 0.15) is 0 Å². The first-order chi connectivity index (χ1) is 5.00. The lowest BCUT2D eigenvalue weighted by atomic mass is 9.97. The molecule has 0 saturated carbocycles. The highest BCUT2D eigenvalue weighted by Crippen LogP contribution is 2.20. The Hall–Kier alpha value is -0.570. The van der Waals surface area contributed by atoms with Crippen molar-refractivity contribution >= 4 is 5.97 Å². The SMILES string of the molecule is CC(C)(C)C(=O)OC1CCO1. The van der Waals surface area contributed by atoms with Gasteiger partial charge in [0.25, 0.3) is 0 Å². The normalized spacial score (nSPS) is 24.1. The van der Waals surface area contributed by atoms with Crippen LogP contribution in [0, 0.1) is 5.41 Å². The fourth-order valence-corrected chi connectivity index (χ4v) is 0.603. The van der Waals surface area contributed by atoms with Crippen LogP contribution in [0.1, 0.15) is 27.2 Å². The summed E-state index contributed by atoms with van der Waals surface area (Å²) < 4.78 is 9.94. The highest BCUT2D eigenvalue weighted by Gasteiger charge is 2.29. The van der Waals surface area contributed by atoms with Crippen LogP contribution in [0.2, 0.25) is 0 Å². The van der Waals surface area contributed by atoms with Gasteiger partial charge in [0, 0.05) is 6.42 Å². The first kappa shape index (κ1) is 8.53. The molecule has 1 saturated heterocycles. The first-order valence-electron chi connectivity index (χ1n) is 3.83. The van der Waals surface area contributed by atoms with Crippen LogP contribution in [-0.2, 0) is 14.3 Å². The molecule has 1 atom stereocenters. The summed E-state index contributed by atoms with van der Waals surface area (Å²) >= 11 is 0. The maximum absolute atomic E-state index is 11.2. The quantitative estimate of drug-likeness (QED) is 0.540. The Morgan fingerprint density at radius 3 is 2.36 bits per heavy atom. The third-order valence-corrected chi connectivity index (χ3v) is 1.51. The smallest absolute Gasteiger partial charge is 0.313 e. The van der Waals surface area contributed by atoms with E-state index in [0.717, 1.165) is 6.42 Å². The number of carbonyl (C=O) groups is 1. The van der Waals surface area contributed by atoms with E-state index in [4.69, 9.17) is 9.47 Å². The zero-order valence-electron chi connectivity index (χ0n) is 7.22. The minimum Gasteiger partial charge on any atom is -0.435 e. The highest BCUT2D eigenvalue weighted by molar-refractivity contribution is 5.75. The van der Waals surface area contributed by atoms with Crippen molar-refractivity contribution in [1.29, 1.82) is 0 Å².